The van der Waals surface area contributed by atoms with Crippen LogP contribution in [-0.2, 0) is 14.8 Å². The molecule has 4 rings (SSSR count). The third-order valence-electron chi connectivity index (χ3n) is 7.94. The van der Waals surface area contributed by atoms with Crippen molar-refractivity contribution in [1.29, 1.82) is 0 Å². The number of benzene rings is 2. The number of aliphatic hydroxyl groups is 1. The largest absolute Gasteiger partial charge is 0.490 e. The second-order valence-electron chi connectivity index (χ2n) is 11.7. The molecule has 0 aromatic heterocycles. The molecule has 2 heterocycles. The molecule has 0 saturated heterocycles. The average Bonchev–Trinajstić information content (AvgIpc) is 3.46. The maximum atomic E-state index is 14.2. The van der Waals surface area contributed by atoms with Crippen LogP contribution in [0.3, 0.4) is 0 Å². The standard InChI is InChI=1S/C31H44N4O9S/c1-20-16-35(21(2)18-36)30(37)25-14-23(32-31(38)33-24-10-12-27-28(15-24)43-19-42-27)9-11-26(25)44-22(3)8-6-7-13-41-29(20)17-34(4)45(5,39)40/h9-12,14-15,20-22,29,36H,6-8,13,16-19H2,1-5H3,(H2,32,33,38)/t20-,21+,22+,29+/m0/s1. The Balaban J connectivity index is 1.61. The van der Waals surface area contributed by atoms with Crippen LogP contribution in [0.15, 0.2) is 36.4 Å². The van der Waals surface area contributed by atoms with Crippen molar-refractivity contribution in [1.82, 2.24) is 9.21 Å². The van der Waals surface area contributed by atoms with Crippen LogP contribution in [0.5, 0.6) is 17.2 Å². The number of likely N-dealkylation sites (N-methyl/N-ethyl adjacent to an activating group) is 1. The molecular weight excluding hydrogens is 604 g/mol. The molecule has 3 N–H and O–H groups in total. The third kappa shape index (κ3) is 9.22. The molecule has 3 amide bonds. The zero-order valence-corrected chi connectivity index (χ0v) is 27.3. The van der Waals surface area contributed by atoms with Crippen molar-refractivity contribution in [2.24, 2.45) is 5.92 Å². The summed E-state index contributed by atoms with van der Waals surface area (Å²) in [6, 6.07) is 8.83. The molecule has 2 aromatic carbocycles. The SMILES string of the molecule is C[C@@H]1CCCCO[C@H](CN(C)S(C)(=O)=O)[C@@H](C)CN([C@H](C)CO)C(=O)c2cc(NC(=O)Nc3ccc4c(c3)OCO4)ccc2O1. The molecule has 0 radical (unpaired) electrons. The number of fused-ring (bicyclic) bond motifs is 2. The number of rotatable bonds is 7. The van der Waals surface area contributed by atoms with E-state index in [0.717, 1.165) is 19.1 Å². The topological polar surface area (TPSA) is 156 Å². The second-order valence-corrected chi connectivity index (χ2v) is 13.8. The Morgan fingerprint density at radius 3 is 2.42 bits per heavy atom. The number of hydrogen-bond acceptors (Lipinski definition) is 9. The van der Waals surface area contributed by atoms with Gasteiger partial charge >= 0.3 is 6.03 Å². The van der Waals surface area contributed by atoms with Crippen LogP contribution in [0.4, 0.5) is 16.2 Å². The minimum atomic E-state index is -3.45. The van der Waals surface area contributed by atoms with Crippen LogP contribution in [0.2, 0.25) is 0 Å². The molecule has 2 aliphatic heterocycles. The van der Waals surface area contributed by atoms with E-state index < -0.39 is 34.1 Å². The summed E-state index contributed by atoms with van der Waals surface area (Å²) in [6.07, 6.45) is 2.69. The van der Waals surface area contributed by atoms with Gasteiger partial charge < -0.3 is 39.6 Å². The number of carbonyl (C=O) groups excluding carboxylic acids is 2. The number of ether oxygens (including phenoxy) is 4. The van der Waals surface area contributed by atoms with Gasteiger partial charge in [0.2, 0.25) is 16.8 Å². The smallest absolute Gasteiger partial charge is 0.323 e. The Bertz CT molecular complexity index is 1450. The number of hydrogen-bond donors (Lipinski definition) is 3. The Hall–Kier alpha value is -3.59. The van der Waals surface area contributed by atoms with Gasteiger partial charge in [-0.3, -0.25) is 4.79 Å². The maximum absolute atomic E-state index is 14.2. The zero-order valence-electron chi connectivity index (χ0n) is 26.4. The van der Waals surface area contributed by atoms with E-state index in [9.17, 15) is 23.1 Å². The normalized spacial score (nSPS) is 21.8. The highest BCUT2D eigenvalue weighted by molar-refractivity contribution is 7.88. The van der Waals surface area contributed by atoms with E-state index in [2.05, 4.69) is 10.6 Å². The fourth-order valence-electron chi connectivity index (χ4n) is 5.12. The van der Waals surface area contributed by atoms with Gasteiger partial charge in [-0.25, -0.2) is 17.5 Å². The number of nitrogens with zero attached hydrogens (tertiary/aromatic N) is 2. The molecule has 4 atom stereocenters. The molecule has 2 aromatic rings. The number of urea groups is 1. The number of nitrogens with one attached hydrogen (secondary N) is 2. The Morgan fingerprint density at radius 1 is 1.07 bits per heavy atom. The number of carbonyl (C=O) groups is 2. The van der Waals surface area contributed by atoms with Gasteiger partial charge in [0.15, 0.2) is 11.5 Å². The minimum Gasteiger partial charge on any atom is -0.490 e. The minimum absolute atomic E-state index is 0.116. The summed E-state index contributed by atoms with van der Waals surface area (Å²) in [5.74, 6) is 0.790. The Morgan fingerprint density at radius 2 is 1.73 bits per heavy atom. The molecule has 13 nitrogen and oxygen atoms in total. The van der Waals surface area contributed by atoms with Gasteiger partial charge in [-0.05, 0) is 63.4 Å². The van der Waals surface area contributed by atoms with E-state index in [4.69, 9.17) is 18.9 Å². The van der Waals surface area contributed by atoms with Gasteiger partial charge in [-0.15, -0.1) is 0 Å². The number of sulfonamides is 1. The number of aliphatic hydroxyl groups excluding tert-OH is 1. The van der Waals surface area contributed by atoms with Gasteiger partial charge in [-0.2, -0.15) is 0 Å². The van der Waals surface area contributed by atoms with Crippen LogP contribution in [-0.4, -0.2) is 99.3 Å². The Kier molecular flexibility index (Phi) is 11.5. The summed E-state index contributed by atoms with van der Waals surface area (Å²) < 4.78 is 48.7. The lowest BCUT2D eigenvalue weighted by Gasteiger charge is -2.35. The fourth-order valence-corrected chi connectivity index (χ4v) is 5.54. The lowest BCUT2D eigenvalue weighted by atomic mass is 10.0. The predicted octanol–water partition coefficient (Wildman–Crippen LogP) is 3.75. The second kappa shape index (κ2) is 15.1. The molecule has 0 saturated carbocycles. The van der Waals surface area contributed by atoms with Crippen molar-refractivity contribution >= 4 is 33.3 Å². The van der Waals surface area contributed by atoms with E-state index >= 15 is 0 Å². The van der Waals surface area contributed by atoms with Crippen molar-refractivity contribution < 1.29 is 42.1 Å². The van der Waals surface area contributed by atoms with Crippen LogP contribution >= 0.6 is 0 Å². The van der Waals surface area contributed by atoms with Gasteiger partial charge in [0, 0.05) is 50.1 Å². The summed E-state index contributed by atoms with van der Waals surface area (Å²) in [5, 5.41) is 15.6. The van der Waals surface area contributed by atoms with Gasteiger partial charge in [-0.1, -0.05) is 6.92 Å². The first-order chi connectivity index (χ1) is 21.3. The summed E-state index contributed by atoms with van der Waals surface area (Å²) in [4.78, 5) is 28.7. The lowest BCUT2D eigenvalue weighted by Crippen LogP contribution is -2.47. The fraction of sp³-hybridized carbons (Fsp3) is 0.548. The first kappa shape index (κ1) is 34.3. The maximum Gasteiger partial charge on any atom is 0.323 e. The van der Waals surface area contributed by atoms with Crippen molar-refractivity contribution in [3.05, 3.63) is 42.0 Å². The highest BCUT2D eigenvalue weighted by Crippen LogP contribution is 2.34. The molecule has 0 aliphatic carbocycles. The van der Waals surface area contributed by atoms with Crippen LogP contribution in [0, 0.1) is 5.92 Å². The van der Waals surface area contributed by atoms with E-state index in [1.807, 2.05) is 13.8 Å². The van der Waals surface area contributed by atoms with E-state index in [1.54, 1.807) is 43.3 Å². The van der Waals surface area contributed by atoms with E-state index in [-0.39, 0.29) is 44.1 Å². The van der Waals surface area contributed by atoms with Crippen LogP contribution < -0.4 is 24.8 Å². The molecule has 2 aliphatic rings. The lowest BCUT2D eigenvalue weighted by molar-refractivity contribution is -0.00828. The highest BCUT2D eigenvalue weighted by Gasteiger charge is 2.31. The summed E-state index contributed by atoms with van der Waals surface area (Å²) >= 11 is 0. The van der Waals surface area contributed by atoms with Crippen molar-refractivity contribution in [2.45, 2.75) is 58.3 Å². The molecule has 45 heavy (non-hydrogen) atoms. The third-order valence-corrected chi connectivity index (χ3v) is 9.22. The molecule has 14 heteroatoms. The molecule has 0 unspecified atom stereocenters. The zero-order chi connectivity index (χ0) is 32.7. The predicted molar refractivity (Wildman–Crippen MR) is 170 cm³/mol. The van der Waals surface area contributed by atoms with Gasteiger partial charge in [0.25, 0.3) is 5.91 Å². The summed E-state index contributed by atoms with van der Waals surface area (Å²) in [6.45, 7) is 6.11. The molecule has 0 spiro atoms. The first-order valence-electron chi connectivity index (χ1n) is 15.1. The quantitative estimate of drug-likeness (QED) is 0.407. The van der Waals surface area contributed by atoms with Crippen molar-refractivity contribution in [2.75, 3.05) is 57.0 Å². The van der Waals surface area contributed by atoms with Crippen LogP contribution in [0.1, 0.15) is 50.4 Å². The van der Waals surface area contributed by atoms with Crippen molar-refractivity contribution in [3.8, 4) is 17.2 Å². The number of anilines is 2. The van der Waals surface area contributed by atoms with Gasteiger partial charge in [0.05, 0.1) is 36.7 Å². The summed E-state index contributed by atoms with van der Waals surface area (Å²) in [7, 11) is -1.95. The van der Waals surface area contributed by atoms with E-state index in [1.165, 1.54) is 16.3 Å². The molecule has 248 valence electrons. The molecular formula is C31H44N4O9S. The van der Waals surface area contributed by atoms with Crippen molar-refractivity contribution in [3.63, 3.8) is 0 Å². The Labute approximate surface area is 264 Å². The number of amides is 3. The molecule has 0 fully saturated rings. The highest BCUT2D eigenvalue weighted by atomic mass is 32.2. The first-order valence-corrected chi connectivity index (χ1v) is 16.9. The van der Waals surface area contributed by atoms with Crippen LogP contribution in [0.25, 0.3) is 0 Å². The monoisotopic (exact) mass is 648 g/mol. The van der Waals surface area contributed by atoms with E-state index in [0.29, 0.717) is 41.7 Å². The average molecular weight is 649 g/mol. The molecule has 0 bridgehead atoms. The summed E-state index contributed by atoms with van der Waals surface area (Å²) in [5.41, 5.74) is 1.08. The van der Waals surface area contributed by atoms with Gasteiger partial charge in [0.1, 0.15) is 5.75 Å².